The fourth-order valence-electron chi connectivity index (χ4n) is 3.23. The van der Waals surface area contributed by atoms with Gasteiger partial charge in [0, 0.05) is 31.0 Å². The fraction of sp³-hybridized carbons (Fsp3) is 0.364. The number of hydrogen-bond acceptors (Lipinski definition) is 3. The SMILES string of the molecule is CCN(CC)c1ccc(NC(=O)C2(C(=O)NCc3ccc(F)cc3)CC2)cc1. The maximum absolute atomic E-state index is 13.0. The topological polar surface area (TPSA) is 61.4 Å². The lowest BCUT2D eigenvalue weighted by Gasteiger charge is -2.21. The van der Waals surface area contributed by atoms with Gasteiger partial charge in [-0.3, -0.25) is 9.59 Å². The van der Waals surface area contributed by atoms with Crippen molar-refractivity contribution >= 4 is 23.2 Å². The summed E-state index contributed by atoms with van der Waals surface area (Å²) in [5, 5.41) is 5.66. The van der Waals surface area contributed by atoms with Crippen LogP contribution in [0.5, 0.6) is 0 Å². The quantitative estimate of drug-likeness (QED) is 0.683. The van der Waals surface area contributed by atoms with Crippen LogP contribution in [0.25, 0.3) is 0 Å². The molecule has 0 saturated heterocycles. The average Bonchev–Trinajstić information content (AvgIpc) is 3.52. The van der Waals surface area contributed by atoms with E-state index >= 15 is 0 Å². The lowest BCUT2D eigenvalue weighted by Crippen LogP contribution is -2.39. The second-order valence-electron chi connectivity index (χ2n) is 7.06. The van der Waals surface area contributed by atoms with Crippen LogP contribution in [0.4, 0.5) is 15.8 Å². The molecule has 2 amide bonds. The molecule has 0 radical (unpaired) electrons. The van der Waals surface area contributed by atoms with Gasteiger partial charge in [-0.25, -0.2) is 4.39 Å². The third kappa shape index (κ3) is 4.32. The predicted molar refractivity (Wildman–Crippen MR) is 109 cm³/mol. The number of rotatable bonds is 8. The van der Waals surface area contributed by atoms with Crippen LogP contribution in [0.15, 0.2) is 48.5 Å². The summed E-state index contributed by atoms with van der Waals surface area (Å²) in [6.45, 7) is 6.30. The molecule has 0 heterocycles. The van der Waals surface area contributed by atoms with Gasteiger partial charge in [-0.1, -0.05) is 12.1 Å². The Hall–Kier alpha value is -2.89. The zero-order chi connectivity index (χ0) is 20.1. The molecule has 0 spiro atoms. The van der Waals surface area contributed by atoms with E-state index in [2.05, 4.69) is 29.4 Å². The molecule has 3 rings (SSSR count). The Morgan fingerprint density at radius 1 is 0.964 bits per heavy atom. The summed E-state index contributed by atoms with van der Waals surface area (Å²) in [4.78, 5) is 27.5. The van der Waals surface area contributed by atoms with Crippen molar-refractivity contribution in [1.82, 2.24) is 5.32 Å². The molecule has 2 N–H and O–H groups in total. The van der Waals surface area contributed by atoms with Gasteiger partial charge in [0.05, 0.1) is 0 Å². The molecule has 28 heavy (non-hydrogen) atoms. The van der Waals surface area contributed by atoms with Crippen molar-refractivity contribution in [2.45, 2.75) is 33.2 Å². The largest absolute Gasteiger partial charge is 0.372 e. The maximum Gasteiger partial charge on any atom is 0.240 e. The van der Waals surface area contributed by atoms with Crippen molar-refractivity contribution < 1.29 is 14.0 Å². The van der Waals surface area contributed by atoms with Gasteiger partial charge < -0.3 is 15.5 Å². The standard InChI is InChI=1S/C22H26FN3O2/c1-3-26(4-2)19-11-9-18(10-12-19)25-21(28)22(13-14-22)20(27)24-15-16-5-7-17(23)8-6-16/h5-12H,3-4,13-15H2,1-2H3,(H,24,27)(H,25,28). The number of hydrogen-bond donors (Lipinski definition) is 2. The molecule has 0 aromatic heterocycles. The zero-order valence-electron chi connectivity index (χ0n) is 16.3. The minimum atomic E-state index is -1.00. The molecular formula is C22H26FN3O2. The van der Waals surface area contributed by atoms with E-state index in [1.54, 1.807) is 12.1 Å². The Labute approximate surface area is 164 Å². The number of carbonyl (C=O) groups excluding carboxylic acids is 2. The second kappa shape index (κ2) is 8.42. The Morgan fingerprint density at radius 2 is 1.57 bits per heavy atom. The normalized spacial score (nSPS) is 14.2. The molecule has 0 atom stereocenters. The van der Waals surface area contributed by atoms with E-state index in [9.17, 15) is 14.0 Å². The molecule has 0 bridgehead atoms. The first kappa shape index (κ1) is 19.9. The van der Waals surface area contributed by atoms with Gasteiger partial charge >= 0.3 is 0 Å². The highest BCUT2D eigenvalue weighted by atomic mass is 19.1. The van der Waals surface area contributed by atoms with E-state index < -0.39 is 5.41 Å². The van der Waals surface area contributed by atoms with Crippen LogP contribution in [0.3, 0.4) is 0 Å². The minimum absolute atomic E-state index is 0.271. The highest BCUT2D eigenvalue weighted by Crippen LogP contribution is 2.47. The molecule has 1 aliphatic rings. The van der Waals surface area contributed by atoms with Crippen LogP contribution in [0.2, 0.25) is 0 Å². The first-order valence-corrected chi connectivity index (χ1v) is 9.67. The predicted octanol–water partition coefficient (Wildman–Crippen LogP) is 3.71. The lowest BCUT2D eigenvalue weighted by atomic mass is 10.0. The van der Waals surface area contributed by atoms with Crippen molar-refractivity contribution in [3.8, 4) is 0 Å². The Balaban J connectivity index is 1.58. The molecule has 2 aromatic rings. The summed E-state index contributed by atoms with van der Waals surface area (Å²) < 4.78 is 13.0. The van der Waals surface area contributed by atoms with Gasteiger partial charge in [-0.15, -0.1) is 0 Å². The number of nitrogens with one attached hydrogen (secondary N) is 2. The number of nitrogens with zero attached hydrogens (tertiary/aromatic N) is 1. The average molecular weight is 383 g/mol. The molecule has 2 aromatic carbocycles. The van der Waals surface area contributed by atoms with Crippen LogP contribution < -0.4 is 15.5 Å². The van der Waals surface area contributed by atoms with Gasteiger partial charge in [-0.2, -0.15) is 0 Å². The Kier molecular flexibility index (Phi) is 5.97. The summed E-state index contributed by atoms with van der Waals surface area (Å²) in [6, 6.07) is 13.6. The summed E-state index contributed by atoms with van der Waals surface area (Å²) in [7, 11) is 0. The summed E-state index contributed by atoms with van der Waals surface area (Å²) in [5.74, 6) is -0.881. The Bertz CT molecular complexity index is 826. The van der Waals surface area contributed by atoms with Crippen LogP contribution in [-0.2, 0) is 16.1 Å². The number of amides is 2. The van der Waals surface area contributed by atoms with E-state index in [0.29, 0.717) is 18.5 Å². The third-order valence-corrected chi connectivity index (χ3v) is 5.24. The van der Waals surface area contributed by atoms with E-state index in [1.165, 1.54) is 12.1 Å². The minimum Gasteiger partial charge on any atom is -0.372 e. The summed E-state index contributed by atoms with van der Waals surface area (Å²) in [5.41, 5.74) is 1.56. The smallest absolute Gasteiger partial charge is 0.240 e. The maximum atomic E-state index is 13.0. The van der Waals surface area contributed by atoms with Crippen molar-refractivity contribution in [1.29, 1.82) is 0 Å². The van der Waals surface area contributed by atoms with Gasteiger partial charge in [0.15, 0.2) is 0 Å². The lowest BCUT2D eigenvalue weighted by molar-refractivity contribution is -0.134. The molecule has 148 valence electrons. The first-order valence-electron chi connectivity index (χ1n) is 9.67. The van der Waals surface area contributed by atoms with E-state index in [0.717, 1.165) is 24.3 Å². The van der Waals surface area contributed by atoms with Gasteiger partial charge in [-0.05, 0) is 68.7 Å². The summed E-state index contributed by atoms with van der Waals surface area (Å²) in [6.07, 6.45) is 1.07. The molecule has 5 nitrogen and oxygen atoms in total. The molecule has 6 heteroatoms. The van der Waals surface area contributed by atoms with Crippen molar-refractivity contribution in [3.63, 3.8) is 0 Å². The van der Waals surface area contributed by atoms with Gasteiger partial charge in [0.2, 0.25) is 11.8 Å². The highest BCUT2D eigenvalue weighted by Gasteiger charge is 2.56. The first-order chi connectivity index (χ1) is 13.5. The highest BCUT2D eigenvalue weighted by molar-refractivity contribution is 6.13. The van der Waals surface area contributed by atoms with Crippen LogP contribution in [0.1, 0.15) is 32.3 Å². The second-order valence-corrected chi connectivity index (χ2v) is 7.06. The number of carbonyl (C=O) groups is 2. The third-order valence-electron chi connectivity index (χ3n) is 5.24. The van der Waals surface area contributed by atoms with Crippen molar-refractivity contribution in [3.05, 3.63) is 59.9 Å². The van der Waals surface area contributed by atoms with Gasteiger partial charge in [0.25, 0.3) is 0 Å². The monoisotopic (exact) mass is 383 g/mol. The molecule has 1 saturated carbocycles. The molecule has 1 fully saturated rings. The number of anilines is 2. The van der Waals surface area contributed by atoms with Crippen LogP contribution >= 0.6 is 0 Å². The number of benzene rings is 2. The van der Waals surface area contributed by atoms with E-state index in [4.69, 9.17) is 0 Å². The van der Waals surface area contributed by atoms with E-state index in [-0.39, 0.29) is 24.2 Å². The molecule has 0 aliphatic heterocycles. The fourth-order valence-corrected chi connectivity index (χ4v) is 3.23. The van der Waals surface area contributed by atoms with Gasteiger partial charge in [0.1, 0.15) is 11.2 Å². The van der Waals surface area contributed by atoms with Crippen LogP contribution in [-0.4, -0.2) is 24.9 Å². The number of halogens is 1. The molecule has 1 aliphatic carbocycles. The Morgan fingerprint density at radius 3 is 2.11 bits per heavy atom. The molecular weight excluding hydrogens is 357 g/mol. The van der Waals surface area contributed by atoms with Crippen LogP contribution in [0, 0.1) is 11.2 Å². The molecule has 0 unspecified atom stereocenters. The van der Waals surface area contributed by atoms with Crippen molar-refractivity contribution in [2.75, 3.05) is 23.3 Å². The van der Waals surface area contributed by atoms with E-state index in [1.807, 2.05) is 24.3 Å². The van der Waals surface area contributed by atoms with Crippen molar-refractivity contribution in [2.24, 2.45) is 5.41 Å². The zero-order valence-corrected chi connectivity index (χ0v) is 16.3. The summed E-state index contributed by atoms with van der Waals surface area (Å²) >= 11 is 0.